The first kappa shape index (κ1) is 23.5. The quantitative estimate of drug-likeness (QED) is 0.382. The van der Waals surface area contributed by atoms with Crippen molar-refractivity contribution >= 4 is 32.4 Å². The number of sulfone groups is 1. The summed E-state index contributed by atoms with van der Waals surface area (Å²) >= 11 is 0. The molecule has 1 heterocycles. The molecule has 3 atom stereocenters. The van der Waals surface area contributed by atoms with Crippen LogP contribution in [0.15, 0.2) is 83.8 Å². The molecule has 1 fully saturated rings. The lowest BCUT2D eigenvalue weighted by Crippen LogP contribution is -2.49. The molecular formula is C28H27NO5S. The number of carbonyl (C=O) groups is 2. The molecular weight excluding hydrogens is 462 g/mol. The molecule has 180 valence electrons. The number of rotatable bonds is 6. The van der Waals surface area contributed by atoms with E-state index < -0.39 is 32.5 Å². The number of ether oxygens (including phenoxy) is 1. The Balaban J connectivity index is 1.76. The number of hydrogen-bond acceptors (Lipinski definition) is 6. The molecule has 0 unspecified atom stereocenters. The van der Waals surface area contributed by atoms with Crippen molar-refractivity contribution in [1.29, 1.82) is 0 Å². The van der Waals surface area contributed by atoms with Gasteiger partial charge in [-0.15, -0.1) is 0 Å². The number of carbonyl (C=O) groups excluding carboxylic acids is 2. The van der Waals surface area contributed by atoms with E-state index in [0.717, 1.165) is 16.3 Å². The fourth-order valence-electron chi connectivity index (χ4n) is 5.87. The minimum absolute atomic E-state index is 0.129. The molecule has 1 aliphatic carbocycles. The first-order valence-corrected chi connectivity index (χ1v) is 13.4. The maximum atomic E-state index is 14.3. The second-order valence-electron chi connectivity index (χ2n) is 8.88. The Hall–Kier alpha value is -3.29. The number of likely N-dealkylation sites (N-methyl/N-ethyl adjacent to an activating group) is 1. The van der Waals surface area contributed by atoms with Crippen LogP contribution in [0.25, 0.3) is 10.8 Å². The van der Waals surface area contributed by atoms with Crippen molar-refractivity contribution < 1.29 is 22.7 Å². The Morgan fingerprint density at radius 1 is 1.06 bits per heavy atom. The van der Waals surface area contributed by atoms with E-state index >= 15 is 0 Å². The number of hydrogen-bond donors (Lipinski definition) is 0. The molecule has 3 aromatic rings. The summed E-state index contributed by atoms with van der Waals surface area (Å²) < 4.78 is 33.0. The van der Waals surface area contributed by atoms with E-state index in [0.29, 0.717) is 12.1 Å². The van der Waals surface area contributed by atoms with Crippen LogP contribution in [0.3, 0.4) is 0 Å². The van der Waals surface area contributed by atoms with E-state index in [1.807, 2.05) is 48.2 Å². The Morgan fingerprint density at radius 2 is 1.77 bits per heavy atom. The van der Waals surface area contributed by atoms with Gasteiger partial charge in [-0.05, 0) is 41.9 Å². The van der Waals surface area contributed by atoms with Crippen LogP contribution in [0.4, 0.5) is 0 Å². The maximum Gasteiger partial charge on any atom is 0.330 e. The SMILES string of the molecule is CCOC(=O)/C=C/[C@@H]1[C@@H](S(=O)(=O)c2ccccc2)CN(CC)[C@]12C(=O)c1cccc3cccc2c13. The third-order valence-electron chi connectivity index (χ3n) is 7.27. The molecule has 0 N–H and O–H groups in total. The molecule has 0 amide bonds. The summed E-state index contributed by atoms with van der Waals surface area (Å²) in [7, 11) is -3.83. The number of Topliss-reactive ketones (excluding diaryl/α,β-unsaturated/α-hetero) is 1. The highest BCUT2D eigenvalue weighted by Gasteiger charge is 2.64. The van der Waals surface area contributed by atoms with Crippen molar-refractivity contribution in [1.82, 2.24) is 4.90 Å². The van der Waals surface area contributed by atoms with Gasteiger partial charge in [-0.25, -0.2) is 13.2 Å². The number of ketones is 1. The second-order valence-corrected chi connectivity index (χ2v) is 11.0. The Kier molecular flexibility index (Phi) is 5.85. The van der Waals surface area contributed by atoms with Crippen LogP contribution in [-0.2, 0) is 24.9 Å². The molecule has 0 aromatic heterocycles. The summed E-state index contributed by atoms with van der Waals surface area (Å²) in [5.74, 6) is -1.48. The third kappa shape index (κ3) is 3.37. The van der Waals surface area contributed by atoms with Gasteiger partial charge in [0.15, 0.2) is 15.6 Å². The topological polar surface area (TPSA) is 80.8 Å². The summed E-state index contributed by atoms with van der Waals surface area (Å²) in [6.45, 7) is 4.49. The summed E-state index contributed by atoms with van der Waals surface area (Å²) in [4.78, 5) is 28.8. The minimum Gasteiger partial charge on any atom is -0.463 e. The van der Waals surface area contributed by atoms with Crippen LogP contribution in [0.5, 0.6) is 0 Å². The average Bonchev–Trinajstić information content (AvgIpc) is 3.34. The lowest BCUT2D eigenvalue weighted by Gasteiger charge is -2.37. The van der Waals surface area contributed by atoms with Crippen molar-refractivity contribution in [2.75, 3.05) is 19.7 Å². The summed E-state index contributed by atoms with van der Waals surface area (Å²) in [6.07, 6.45) is 2.86. The van der Waals surface area contributed by atoms with Gasteiger partial charge in [0.25, 0.3) is 0 Å². The van der Waals surface area contributed by atoms with Gasteiger partial charge in [0.1, 0.15) is 5.54 Å². The first-order valence-electron chi connectivity index (χ1n) is 11.8. The Bertz CT molecular complexity index is 1440. The number of nitrogens with zero attached hydrogens (tertiary/aromatic N) is 1. The number of benzene rings is 3. The van der Waals surface area contributed by atoms with Gasteiger partial charge >= 0.3 is 5.97 Å². The predicted molar refractivity (Wildman–Crippen MR) is 134 cm³/mol. The number of fused-ring (bicyclic) bond motifs is 1. The zero-order valence-electron chi connectivity index (χ0n) is 19.7. The van der Waals surface area contributed by atoms with Crippen molar-refractivity contribution in [3.05, 3.63) is 90.0 Å². The molecule has 0 bridgehead atoms. The molecule has 1 saturated heterocycles. The van der Waals surface area contributed by atoms with E-state index in [2.05, 4.69) is 0 Å². The van der Waals surface area contributed by atoms with E-state index in [9.17, 15) is 18.0 Å². The standard InChI is InChI=1S/C28H27NO5S/c1-3-29-18-24(35(32,33)20-12-6-5-7-13-20)22(16-17-25(30)34-4-2)28(29)23-15-9-11-19-10-8-14-21(26(19)23)27(28)31/h5-17,22,24H,3-4,18H2,1-2H3/b17-16+/t22-,24+,28-/m1/s1. The monoisotopic (exact) mass is 489 g/mol. The highest BCUT2D eigenvalue weighted by molar-refractivity contribution is 7.92. The summed E-state index contributed by atoms with van der Waals surface area (Å²) in [6, 6.07) is 19.7. The third-order valence-corrected chi connectivity index (χ3v) is 9.44. The van der Waals surface area contributed by atoms with E-state index in [-0.39, 0.29) is 23.8 Å². The van der Waals surface area contributed by atoms with Gasteiger partial charge in [-0.1, -0.05) is 67.6 Å². The fraction of sp³-hybridized carbons (Fsp3) is 0.286. The molecule has 5 rings (SSSR count). The Morgan fingerprint density at radius 3 is 2.46 bits per heavy atom. The summed E-state index contributed by atoms with van der Waals surface area (Å²) in [5.41, 5.74) is 0.151. The molecule has 3 aromatic carbocycles. The van der Waals surface area contributed by atoms with Crippen LogP contribution in [0.1, 0.15) is 29.8 Å². The largest absolute Gasteiger partial charge is 0.463 e. The molecule has 6 nitrogen and oxygen atoms in total. The molecule has 1 aliphatic heterocycles. The molecule has 7 heteroatoms. The lowest BCUT2D eigenvalue weighted by molar-refractivity contribution is -0.137. The van der Waals surface area contributed by atoms with Crippen LogP contribution in [0.2, 0.25) is 0 Å². The number of likely N-dealkylation sites (tertiary alicyclic amines) is 1. The van der Waals surface area contributed by atoms with Gasteiger partial charge in [-0.3, -0.25) is 9.69 Å². The van der Waals surface area contributed by atoms with Crippen molar-refractivity contribution in [2.24, 2.45) is 5.92 Å². The Labute approximate surface area is 205 Å². The van der Waals surface area contributed by atoms with Gasteiger partial charge in [-0.2, -0.15) is 0 Å². The average molecular weight is 490 g/mol. The van der Waals surface area contributed by atoms with Crippen molar-refractivity contribution in [3.8, 4) is 0 Å². The fourth-order valence-corrected chi connectivity index (χ4v) is 7.80. The van der Waals surface area contributed by atoms with E-state index in [4.69, 9.17) is 4.74 Å². The highest BCUT2D eigenvalue weighted by atomic mass is 32.2. The molecule has 0 saturated carbocycles. The second kappa shape index (κ2) is 8.73. The van der Waals surface area contributed by atoms with Crippen LogP contribution in [0, 0.1) is 5.92 Å². The van der Waals surface area contributed by atoms with Crippen LogP contribution in [-0.4, -0.2) is 50.0 Å². The smallest absolute Gasteiger partial charge is 0.330 e. The molecule has 1 spiro atoms. The molecule has 2 aliphatic rings. The molecule has 0 radical (unpaired) electrons. The maximum absolute atomic E-state index is 14.3. The summed E-state index contributed by atoms with van der Waals surface area (Å²) in [5, 5.41) is 0.860. The van der Waals surface area contributed by atoms with Gasteiger partial charge < -0.3 is 4.74 Å². The minimum atomic E-state index is -3.83. The normalized spacial score (nSPS) is 24.1. The van der Waals surface area contributed by atoms with Crippen molar-refractivity contribution in [3.63, 3.8) is 0 Å². The van der Waals surface area contributed by atoms with Crippen molar-refractivity contribution in [2.45, 2.75) is 29.5 Å². The lowest BCUT2D eigenvalue weighted by atomic mass is 9.77. The predicted octanol–water partition coefficient (Wildman–Crippen LogP) is 4.14. The number of esters is 1. The van der Waals surface area contributed by atoms with Gasteiger partial charge in [0.05, 0.1) is 16.8 Å². The van der Waals surface area contributed by atoms with Crippen LogP contribution < -0.4 is 0 Å². The van der Waals surface area contributed by atoms with Gasteiger partial charge in [0, 0.05) is 24.1 Å². The first-order chi connectivity index (χ1) is 16.9. The zero-order valence-corrected chi connectivity index (χ0v) is 20.5. The highest BCUT2D eigenvalue weighted by Crippen LogP contribution is 2.55. The van der Waals surface area contributed by atoms with E-state index in [1.165, 1.54) is 6.08 Å². The zero-order chi connectivity index (χ0) is 24.8. The molecule has 35 heavy (non-hydrogen) atoms. The van der Waals surface area contributed by atoms with Crippen LogP contribution >= 0.6 is 0 Å². The van der Waals surface area contributed by atoms with Gasteiger partial charge in [0.2, 0.25) is 0 Å². The van der Waals surface area contributed by atoms with E-state index in [1.54, 1.807) is 43.3 Å².